The zero-order chi connectivity index (χ0) is 13.9. The molecule has 0 fully saturated rings. The number of nitrogens with one attached hydrogen (secondary N) is 2. The fourth-order valence-electron chi connectivity index (χ4n) is 2.22. The van der Waals surface area contributed by atoms with Crippen molar-refractivity contribution in [3.05, 3.63) is 53.9 Å². The van der Waals surface area contributed by atoms with Crippen molar-refractivity contribution < 1.29 is 9.53 Å². The Morgan fingerprint density at radius 1 is 1.35 bits per heavy atom. The van der Waals surface area contributed by atoms with Crippen molar-refractivity contribution >= 4 is 11.6 Å². The Hall–Kier alpha value is -2.60. The van der Waals surface area contributed by atoms with Crippen molar-refractivity contribution in [2.75, 3.05) is 12.0 Å². The van der Waals surface area contributed by atoms with Crippen LogP contribution in [0.2, 0.25) is 0 Å². The molecule has 6 nitrogen and oxygen atoms in total. The maximum absolute atomic E-state index is 12.3. The second-order valence-corrected chi connectivity index (χ2v) is 4.44. The molecule has 1 atom stereocenters. The molecule has 1 aromatic carbocycles. The lowest BCUT2D eigenvalue weighted by atomic mass is 10.1. The Bertz CT molecular complexity index is 645. The molecule has 2 aromatic rings. The van der Waals surface area contributed by atoms with Gasteiger partial charge in [-0.2, -0.15) is 0 Å². The number of carbonyl (C=O) groups is 1. The van der Waals surface area contributed by atoms with Crippen LogP contribution in [0.5, 0.6) is 5.75 Å². The Labute approximate surface area is 115 Å². The lowest BCUT2D eigenvalue weighted by Gasteiger charge is -2.13. The largest absolute Gasteiger partial charge is 0.491 e. The highest BCUT2D eigenvalue weighted by molar-refractivity contribution is 5.99. The molecule has 0 saturated carbocycles. The van der Waals surface area contributed by atoms with Crippen molar-refractivity contribution in [1.29, 1.82) is 0 Å². The molecular weight excluding hydrogens is 256 g/mol. The number of rotatable bonds is 3. The number of para-hydroxylation sites is 1. The molecule has 0 radical (unpaired) electrons. The molecule has 1 unspecified atom stereocenters. The van der Waals surface area contributed by atoms with Crippen LogP contribution in [0.15, 0.2) is 42.7 Å². The minimum atomic E-state index is -0.239. The van der Waals surface area contributed by atoms with Crippen molar-refractivity contribution in [2.45, 2.75) is 6.04 Å². The number of benzene rings is 1. The van der Waals surface area contributed by atoms with Gasteiger partial charge in [0.2, 0.25) is 0 Å². The molecule has 102 valence electrons. The fourth-order valence-corrected chi connectivity index (χ4v) is 2.22. The number of pyridine rings is 1. The summed E-state index contributed by atoms with van der Waals surface area (Å²) in [7, 11) is 0. The number of nitrogens with zero attached hydrogens (tertiary/aromatic N) is 1. The van der Waals surface area contributed by atoms with Gasteiger partial charge in [-0.1, -0.05) is 18.2 Å². The van der Waals surface area contributed by atoms with Crippen LogP contribution in [0.4, 0.5) is 5.69 Å². The van der Waals surface area contributed by atoms with E-state index in [1.165, 1.54) is 6.20 Å². The summed E-state index contributed by atoms with van der Waals surface area (Å²) >= 11 is 0. The number of anilines is 1. The van der Waals surface area contributed by atoms with Crippen LogP contribution < -0.4 is 21.3 Å². The Kier molecular flexibility index (Phi) is 3.22. The molecule has 1 aliphatic rings. The molecule has 20 heavy (non-hydrogen) atoms. The third kappa shape index (κ3) is 2.17. The summed E-state index contributed by atoms with van der Waals surface area (Å²) in [6, 6.07) is 9.14. The number of aromatic nitrogens is 1. The van der Waals surface area contributed by atoms with Gasteiger partial charge in [0.25, 0.3) is 5.91 Å². The molecule has 1 amide bonds. The summed E-state index contributed by atoms with van der Waals surface area (Å²) < 4.78 is 5.53. The topological polar surface area (TPSA) is 89.3 Å². The lowest BCUT2D eigenvalue weighted by Crippen LogP contribution is -2.30. The highest BCUT2D eigenvalue weighted by Crippen LogP contribution is 2.31. The van der Waals surface area contributed by atoms with Crippen LogP contribution in [-0.4, -0.2) is 17.5 Å². The van der Waals surface area contributed by atoms with E-state index in [9.17, 15) is 4.79 Å². The van der Waals surface area contributed by atoms with E-state index < -0.39 is 0 Å². The first kappa shape index (κ1) is 12.4. The van der Waals surface area contributed by atoms with Crippen LogP contribution in [-0.2, 0) is 0 Å². The van der Waals surface area contributed by atoms with Crippen molar-refractivity contribution in [1.82, 2.24) is 10.3 Å². The smallest absolute Gasteiger partial charge is 0.255 e. The average molecular weight is 270 g/mol. The molecule has 3 rings (SSSR count). The minimum Gasteiger partial charge on any atom is -0.491 e. The second kappa shape index (κ2) is 5.18. The van der Waals surface area contributed by atoms with E-state index in [0.29, 0.717) is 17.9 Å². The first-order chi connectivity index (χ1) is 9.79. The van der Waals surface area contributed by atoms with Crippen molar-refractivity contribution in [2.24, 2.45) is 5.84 Å². The van der Waals surface area contributed by atoms with Crippen molar-refractivity contribution in [3.63, 3.8) is 0 Å². The number of amides is 1. The van der Waals surface area contributed by atoms with Crippen LogP contribution in [0.25, 0.3) is 0 Å². The van der Waals surface area contributed by atoms with Gasteiger partial charge in [0.05, 0.1) is 17.3 Å². The zero-order valence-electron chi connectivity index (χ0n) is 10.7. The predicted octanol–water partition coefficient (Wildman–Crippen LogP) is 1.23. The number of hydrogen-bond acceptors (Lipinski definition) is 5. The van der Waals surface area contributed by atoms with Crippen LogP contribution in [0, 0.1) is 0 Å². The highest BCUT2D eigenvalue weighted by atomic mass is 16.5. The summed E-state index contributed by atoms with van der Waals surface area (Å²) in [5, 5.41) is 2.93. The third-order valence-corrected chi connectivity index (χ3v) is 3.23. The van der Waals surface area contributed by atoms with E-state index in [1.807, 2.05) is 24.3 Å². The third-order valence-electron chi connectivity index (χ3n) is 3.23. The summed E-state index contributed by atoms with van der Waals surface area (Å²) in [6.07, 6.45) is 3.05. The molecule has 0 aliphatic carbocycles. The van der Waals surface area contributed by atoms with Gasteiger partial charge in [-0.3, -0.25) is 15.6 Å². The predicted molar refractivity (Wildman–Crippen MR) is 74.2 cm³/mol. The number of nitrogens with two attached hydrogens (primary N) is 1. The molecule has 2 heterocycles. The van der Waals surface area contributed by atoms with Crippen molar-refractivity contribution in [3.8, 4) is 5.75 Å². The first-order valence-electron chi connectivity index (χ1n) is 6.23. The summed E-state index contributed by atoms with van der Waals surface area (Å²) in [5.41, 5.74) is 4.40. The van der Waals surface area contributed by atoms with Gasteiger partial charge in [-0.05, 0) is 12.1 Å². The summed E-state index contributed by atoms with van der Waals surface area (Å²) in [6.45, 7) is 0.427. The molecule has 1 aromatic heterocycles. The molecule has 0 bridgehead atoms. The van der Waals surface area contributed by atoms with Gasteiger partial charge >= 0.3 is 0 Å². The summed E-state index contributed by atoms with van der Waals surface area (Å²) in [4.78, 5) is 16.2. The van der Waals surface area contributed by atoms with Gasteiger partial charge in [-0.15, -0.1) is 0 Å². The van der Waals surface area contributed by atoms with E-state index in [-0.39, 0.29) is 11.9 Å². The van der Waals surface area contributed by atoms with E-state index in [2.05, 4.69) is 15.7 Å². The van der Waals surface area contributed by atoms with Gasteiger partial charge < -0.3 is 15.5 Å². The Morgan fingerprint density at radius 3 is 3.05 bits per heavy atom. The van der Waals surface area contributed by atoms with Gasteiger partial charge in [0.1, 0.15) is 12.4 Å². The monoisotopic (exact) mass is 270 g/mol. The number of hydrazine groups is 1. The number of fused-ring (bicyclic) bond motifs is 1. The molecule has 0 spiro atoms. The maximum Gasteiger partial charge on any atom is 0.255 e. The molecule has 1 aliphatic heterocycles. The normalized spacial score (nSPS) is 16.1. The number of ether oxygens (including phenoxy) is 1. The first-order valence-corrected chi connectivity index (χ1v) is 6.23. The quantitative estimate of drug-likeness (QED) is 0.576. The molecular formula is C14H14N4O2. The highest BCUT2D eigenvalue weighted by Gasteiger charge is 2.26. The fraction of sp³-hybridized carbons (Fsp3) is 0.143. The number of carbonyl (C=O) groups excluding carboxylic acids is 1. The van der Waals surface area contributed by atoms with E-state index in [0.717, 1.165) is 11.3 Å². The molecule has 4 N–H and O–H groups in total. The summed E-state index contributed by atoms with van der Waals surface area (Å²) in [5.74, 6) is 5.96. The van der Waals surface area contributed by atoms with E-state index >= 15 is 0 Å². The number of hydrogen-bond donors (Lipinski definition) is 3. The Balaban J connectivity index is 1.81. The second-order valence-electron chi connectivity index (χ2n) is 4.44. The molecule has 0 saturated heterocycles. The molecule has 6 heteroatoms. The Morgan fingerprint density at radius 2 is 2.20 bits per heavy atom. The van der Waals surface area contributed by atoms with Gasteiger partial charge in [0.15, 0.2) is 0 Å². The SMILES string of the molecule is NNc1ccncc1C(=O)NC1COc2ccccc21. The lowest BCUT2D eigenvalue weighted by molar-refractivity contribution is 0.0930. The zero-order valence-corrected chi connectivity index (χ0v) is 10.7. The van der Waals surface area contributed by atoms with Crippen LogP contribution >= 0.6 is 0 Å². The minimum absolute atomic E-state index is 0.162. The standard InChI is InChI=1S/C14H14N4O2/c15-18-11-5-6-16-7-10(11)14(19)17-12-8-20-13-4-2-1-3-9(12)13/h1-7,12H,8,15H2,(H,16,18)(H,17,19). The van der Waals surface area contributed by atoms with E-state index in [1.54, 1.807) is 12.3 Å². The van der Waals surface area contributed by atoms with Gasteiger partial charge in [0, 0.05) is 18.0 Å². The van der Waals surface area contributed by atoms with E-state index in [4.69, 9.17) is 10.6 Å². The maximum atomic E-state index is 12.3. The van der Waals surface area contributed by atoms with Crippen LogP contribution in [0.3, 0.4) is 0 Å². The van der Waals surface area contributed by atoms with Gasteiger partial charge in [-0.25, -0.2) is 0 Å². The average Bonchev–Trinajstić information content (AvgIpc) is 2.90. The number of nitrogen functional groups attached to an aromatic ring is 1. The van der Waals surface area contributed by atoms with Crippen LogP contribution in [0.1, 0.15) is 22.0 Å².